The lowest BCUT2D eigenvalue weighted by Gasteiger charge is -2.26. The van der Waals surface area contributed by atoms with Gasteiger partial charge in [-0.25, -0.2) is 0 Å². The van der Waals surface area contributed by atoms with Crippen LogP contribution in [0, 0.1) is 0 Å². The van der Waals surface area contributed by atoms with Crippen molar-refractivity contribution in [3.05, 3.63) is 143 Å². The number of carbonyl (C=O) groups is 2. The Morgan fingerprint density at radius 3 is 1.64 bits per heavy atom. The maximum Gasteiger partial charge on any atom is 0.194 e. The zero-order valence-corrected chi connectivity index (χ0v) is 18.1. The SMILES string of the molecule is O=C1C=C(c2ccc(N(Cc3ccccc3)Cc3ccccc3)cc2)C(=O)c2ccccc21. The molecule has 5 rings (SSSR count). The predicted octanol–water partition coefficient (Wildman–Crippen LogP) is 6.36. The summed E-state index contributed by atoms with van der Waals surface area (Å²) >= 11 is 0. The second kappa shape index (κ2) is 9.09. The highest BCUT2D eigenvalue weighted by Crippen LogP contribution is 2.29. The number of anilines is 1. The van der Waals surface area contributed by atoms with Gasteiger partial charge in [0.25, 0.3) is 0 Å². The van der Waals surface area contributed by atoms with Crippen LogP contribution in [0.5, 0.6) is 0 Å². The first-order valence-corrected chi connectivity index (χ1v) is 11.0. The van der Waals surface area contributed by atoms with Crippen LogP contribution in [0.2, 0.25) is 0 Å². The van der Waals surface area contributed by atoms with E-state index in [9.17, 15) is 9.59 Å². The van der Waals surface area contributed by atoms with E-state index >= 15 is 0 Å². The minimum atomic E-state index is -0.126. The molecule has 0 bridgehead atoms. The molecule has 0 saturated heterocycles. The molecule has 3 nitrogen and oxygen atoms in total. The van der Waals surface area contributed by atoms with E-state index in [-0.39, 0.29) is 11.6 Å². The number of carbonyl (C=O) groups excluding carboxylic acids is 2. The van der Waals surface area contributed by atoms with Crippen LogP contribution in [0.15, 0.2) is 115 Å². The maximum absolute atomic E-state index is 13.0. The van der Waals surface area contributed by atoms with Crippen LogP contribution in [-0.4, -0.2) is 11.6 Å². The second-order valence-electron chi connectivity index (χ2n) is 8.17. The number of hydrogen-bond acceptors (Lipinski definition) is 3. The fourth-order valence-electron chi connectivity index (χ4n) is 4.23. The van der Waals surface area contributed by atoms with Gasteiger partial charge in [-0.2, -0.15) is 0 Å². The van der Waals surface area contributed by atoms with Gasteiger partial charge in [0.05, 0.1) is 0 Å². The third kappa shape index (κ3) is 4.39. The van der Waals surface area contributed by atoms with Crippen LogP contribution >= 0.6 is 0 Å². The number of rotatable bonds is 6. The summed E-state index contributed by atoms with van der Waals surface area (Å²) in [5.41, 5.74) is 5.66. The van der Waals surface area contributed by atoms with Gasteiger partial charge >= 0.3 is 0 Å². The lowest BCUT2D eigenvalue weighted by Crippen LogP contribution is -2.22. The fourth-order valence-corrected chi connectivity index (χ4v) is 4.23. The van der Waals surface area contributed by atoms with Crippen molar-refractivity contribution >= 4 is 22.8 Å². The third-order valence-corrected chi connectivity index (χ3v) is 5.93. The Morgan fingerprint density at radius 1 is 0.545 bits per heavy atom. The minimum absolute atomic E-state index is 0.108. The van der Waals surface area contributed by atoms with Gasteiger partial charge < -0.3 is 4.90 Å². The quantitative estimate of drug-likeness (QED) is 0.358. The van der Waals surface area contributed by atoms with E-state index < -0.39 is 0 Å². The van der Waals surface area contributed by atoms with Gasteiger partial charge in [0.15, 0.2) is 11.6 Å². The normalized spacial score (nSPS) is 12.8. The Labute approximate surface area is 193 Å². The standard InChI is InChI=1S/C30H23NO2/c32-29-19-28(30(33)27-14-8-7-13-26(27)29)24-15-17-25(18-16-24)31(20-22-9-3-1-4-10-22)21-23-11-5-2-6-12-23/h1-19H,20-21H2. The van der Waals surface area contributed by atoms with E-state index in [1.54, 1.807) is 24.3 Å². The Hall–Kier alpha value is -4.24. The largest absolute Gasteiger partial charge is 0.363 e. The fraction of sp³-hybridized carbons (Fsp3) is 0.0667. The van der Waals surface area contributed by atoms with Crippen LogP contribution in [0.25, 0.3) is 5.57 Å². The van der Waals surface area contributed by atoms with Gasteiger partial charge in [0.2, 0.25) is 0 Å². The highest BCUT2D eigenvalue weighted by Gasteiger charge is 2.26. The van der Waals surface area contributed by atoms with E-state index in [2.05, 4.69) is 53.4 Å². The number of nitrogens with zero attached hydrogens (tertiary/aromatic N) is 1. The first-order chi connectivity index (χ1) is 16.2. The molecular formula is C30H23NO2. The minimum Gasteiger partial charge on any atom is -0.363 e. The molecule has 0 fully saturated rings. The molecule has 0 aliphatic heterocycles. The van der Waals surface area contributed by atoms with Gasteiger partial charge in [0.1, 0.15) is 0 Å². The van der Waals surface area contributed by atoms with Gasteiger partial charge in [-0.3, -0.25) is 9.59 Å². The highest BCUT2D eigenvalue weighted by atomic mass is 16.1. The molecule has 0 aromatic heterocycles. The summed E-state index contributed by atoms with van der Waals surface area (Å²) in [4.78, 5) is 27.9. The summed E-state index contributed by atoms with van der Waals surface area (Å²) in [6.45, 7) is 1.53. The molecule has 0 amide bonds. The maximum atomic E-state index is 13.0. The highest BCUT2D eigenvalue weighted by molar-refractivity contribution is 6.38. The molecule has 0 radical (unpaired) electrons. The molecule has 33 heavy (non-hydrogen) atoms. The molecule has 4 aromatic carbocycles. The van der Waals surface area contributed by atoms with E-state index in [0.29, 0.717) is 16.7 Å². The van der Waals surface area contributed by atoms with Gasteiger partial charge in [-0.1, -0.05) is 97.1 Å². The Morgan fingerprint density at radius 2 is 1.06 bits per heavy atom. The van der Waals surface area contributed by atoms with E-state index in [1.165, 1.54) is 17.2 Å². The van der Waals surface area contributed by atoms with Crippen molar-refractivity contribution in [3.63, 3.8) is 0 Å². The van der Waals surface area contributed by atoms with Crippen molar-refractivity contribution < 1.29 is 9.59 Å². The smallest absolute Gasteiger partial charge is 0.194 e. The number of fused-ring (bicyclic) bond motifs is 1. The van der Waals surface area contributed by atoms with Crippen molar-refractivity contribution in [1.82, 2.24) is 0 Å². The Kier molecular flexibility index (Phi) is 5.69. The van der Waals surface area contributed by atoms with Crippen LogP contribution in [0.1, 0.15) is 37.4 Å². The molecule has 0 heterocycles. The summed E-state index contributed by atoms with van der Waals surface area (Å²) < 4.78 is 0. The lowest BCUT2D eigenvalue weighted by atomic mass is 9.86. The average Bonchev–Trinajstić information content (AvgIpc) is 2.87. The van der Waals surface area contributed by atoms with E-state index in [0.717, 1.165) is 24.3 Å². The van der Waals surface area contributed by atoms with Gasteiger partial charge in [-0.05, 0) is 34.9 Å². The van der Waals surface area contributed by atoms with Crippen molar-refractivity contribution in [1.29, 1.82) is 0 Å². The molecule has 0 saturated carbocycles. The lowest BCUT2D eigenvalue weighted by molar-refractivity contribution is 0.100. The molecule has 1 aliphatic carbocycles. The summed E-state index contributed by atoms with van der Waals surface area (Å²) in [5.74, 6) is -0.234. The van der Waals surface area contributed by atoms with Crippen molar-refractivity contribution in [3.8, 4) is 0 Å². The second-order valence-corrected chi connectivity index (χ2v) is 8.17. The molecular weight excluding hydrogens is 406 g/mol. The van der Waals surface area contributed by atoms with E-state index in [1.807, 2.05) is 36.4 Å². The summed E-state index contributed by atoms with van der Waals surface area (Å²) in [6.07, 6.45) is 1.46. The monoisotopic (exact) mass is 429 g/mol. The van der Waals surface area contributed by atoms with E-state index in [4.69, 9.17) is 0 Å². The molecule has 0 unspecified atom stereocenters. The Balaban J connectivity index is 1.44. The summed E-state index contributed by atoms with van der Waals surface area (Å²) in [7, 11) is 0. The molecule has 1 aliphatic rings. The molecule has 0 N–H and O–H groups in total. The molecule has 160 valence electrons. The number of allylic oxidation sites excluding steroid dienone is 2. The molecule has 0 spiro atoms. The van der Waals surface area contributed by atoms with Crippen LogP contribution in [-0.2, 0) is 13.1 Å². The van der Waals surface area contributed by atoms with Crippen molar-refractivity contribution in [2.24, 2.45) is 0 Å². The number of benzene rings is 4. The van der Waals surface area contributed by atoms with Gasteiger partial charge in [0, 0.05) is 35.5 Å². The zero-order valence-electron chi connectivity index (χ0n) is 18.1. The van der Waals surface area contributed by atoms with Crippen LogP contribution in [0.3, 0.4) is 0 Å². The van der Waals surface area contributed by atoms with Crippen molar-refractivity contribution in [2.45, 2.75) is 13.1 Å². The first-order valence-electron chi connectivity index (χ1n) is 11.0. The Bertz CT molecular complexity index is 1280. The van der Waals surface area contributed by atoms with Gasteiger partial charge in [-0.15, -0.1) is 0 Å². The molecule has 3 heteroatoms. The molecule has 4 aromatic rings. The van der Waals surface area contributed by atoms with Crippen LogP contribution in [0.4, 0.5) is 5.69 Å². The average molecular weight is 430 g/mol. The topological polar surface area (TPSA) is 37.4 Å². The predicted molar refractivity (Wildman–Crippen MR) is 132 cm³/mol. The number of ketones is 2. The van der Waals surface area contributed by atoms with Crippen LogP contribution < -0.4 is 4.90 Å². The number of Topliss-reactive ketones (excluding diaryl/α,β-unsaturated/α-hetero) is 1. The first kappa shape index (κ1) is 20.7. The molecule has 0 atom stereocenters. The summed E-state index contributed by atoms with van der Waals surface area (Å²) in [5, 5.41) is 0. The third-order valence-electron chi connectivity index (χ3n) is 5.93. The van der Waals surface area contributed by atoms with Crippen molar-refractivity contribution in [2.75, 3.05) is 4.90 Å². The zero-order chi connectivity index (χ0) is 22.6. The summed E-state index contributed by atoms with van der Waals surface area (Å²) in [6, 6.07) is 35.7. The number of hydrogen-bond donors (Lipinski definition) is 0.